The smallest absolute Gasteiger partial charge is 0.339 e. The monoisotopic (exact) mass is 332 g/mol. The van der Waals surface area contributed by atoms with Gasteiger partial charge in [-0.3, -0.25) is 9.97 Å². The zero-order chi connectivity index (χ0) is 17.9. The predicted molar refractivity (Wildman–Crippen MR) is 88.7 cm³/mol. The molecular formula is C18H21FN2O3. The van der Waals surface area contributed by atoms with E-state index in [0.717, 1.165) is 24.6 Å². The molecule has 24 heavy (non-hydrogen) atoms. The molecule has 1 heterocycles. The third-order valence-electron chi connectivity index (χ3n) is 3.63. The highest BCUT2D eigenvalue weighted by atomic mass is 19.1. The molecule has 1 aromatic carbocycles. The maximum atomic E-state index is 14.2. The fourth-order valence-corrected chi connectivity index (χ4v) is 2.21. The van der Waals surface area contributed by atoms with Gasteiger partial charge in [0.1, 0.15) is 17.1 Å². The summed E-state index contributed by atoms with van der Waals surface area (Å²) in [5.74, 6) is -1.82. The third kappa shape index (κ3) is 4.28. The van der Waals surface area contributed by atoms with E-state index in [2.05, 4.69) is 30.7 Å². The van der Waals surface area contributed by atoms with E-state index < -0.39 is 11.8 Å². The number of carbonyl (C=O) groups is 1. The van der Waals surface area contributed by atoms with Crippen molar-refractivity contribution >= 4 is 5.97 Å². The van der Waals surface area contributed by atoms with Gasteiger partial charge in [0.05, 0.1) is 24.7 Å². The van der Waals surface area contributed by atoms with Gasteiger partial charge >= 0.3 is 5.97 Å². The van der Waals surface area contributed by atoms with Crippen LogP contribution in [0.25, 0.3) is 11.3 Å². The molecule has 0 fully saturated rings. The van der Waals surface area contributed by atoms with Gasteiger partial charge in [0, 0.05) is 17.8 Å². The number of methoxy groups -OCH3 is 1. The van der Waals surface area contributed by atoms with Gasteiger partial charge in [0.15, 0.2) is 0 Å². The summed E-state index contributed by atoms with van der Waals surface area (Å²) in [7, 11) is 1.30. The minimum Gasteiger partial charge on any atom is -0.496 e. The minimum absolute atomic E-state index is 0.0292. The SMILES string of the molecule is COc1cc(F)c(-c2cnc(CCC(C)(C)C)cn2)cc1C(=O)O. The lowest BCUT2D eigenvalue weighted by molar-refractivity contribution is 0.0693. The first-order chi connectivity index (χ1) is 11.2. The maximum absolute atomic E-state index is 14.2. The van der Waals surface area contributed by atoms with Crippen LogP contribution in [0.3, 0.4) is 0 Å². The second-order valence-corrected chi connectivity index (χ2v) is 6.79. The van der Waals surface area contributed by atoms with E-state index in [1.165, 1.54) is 19.4 Å². The average Bonchev–Trinajstić information content (AvgIpc) is 2.52. The molecule has 1 N–H and O–H groups in total. The van der Waals surface area contributed by atoms with Crippen LogP contribution >= 0.6 is 0 Å². The Morgan fingerprint density at radius 1 is 1.25 bits per heavy atom. The summed E-state index contributed by atoms with van der Waals surface area (Å²) in [4.78, 5) is 19.8. The molecule has 0 bridgehead atoms. The van der Waals surface area contributed by atoms with Crippen molar-refractivity contribution in [1.29, 1.82) is 0 Å². The van der Waals surface area contributed by atoms with Crippen molar-refractivity contribution in [3.63, 3.8) is 0 Å². The molecule has 128 valence electrons. The van der Waals surface area contributed by atoms with Crippen molar-refractivity contribution in [2.45, 2.75) is 33.6 Å². The van der Waals surface area contributed by atoms with Gasteiger partial charge in [-0.15, -0.1) is 0 Å². The fraction of sp³-hybridized carbons (Fsp3) is 0.389. The second-order valence-electron chi connectivity index (χ2n) is 6.79. The number of aryl methyl sites for hydroxylation is 1. The molecule has 6 heteroatoms. The van der Waals surface area contributed by atoms with E-state index in [4.69, 9.17) is 4.74 Å². The largest absolute Gasteiger partial charge is 0.496 e. The molecule has 0 atom stereocenters. The molecule has 2 aromatic rings. The molecule has 5 nitrogen and oxygen atoms in total. The van der Waals surface area contributed by atoms with Crippen molar-refractivity contribution in [3.05, 3.63) is 41.6 Å². The predicted octanol–water partition coefficient (Wildman–Crippen LogP) is 3.97. The summed E-state index contributed by atoms with van der Waals surface area (Å²) in [6.07, 6.45) is 4.81. The Balaban J connectivity index is 2.31. The Morgan fingerprint density at radius 2 is 1.96 bits per heavy atom. The number of carboxylic acid groups (broad SMARTS) is 1. The molecule has 0 aliphatic carbocycles. The standard InChI is InChI=1S/C18H21FN2O3/c1-18(2,3)6-5-11-9-21-15(10-20-11)12-7-13(17(22)23)16(24-4)8-14(12)19/h7-10H,5-6H2,1-4H3,(H,22,23). The van der Waals surface area contributed by atoms with Gasteiger partial charge in [-0.1, -0.05) is 20.8 Å². The van der Waals surface area contributed by atoms with Crippen LogP contribution in [0.1, 0.15) is 43.2 Å². The van der Waals surface area contributed by atoms with Gasteiger partial charge in [0.2, 0.25) is 0 Å². The van der Waals surface area contributed by atoms with Gasteiger partial charge in [-0.2, -0.15) is 0 Å². The zero-order valence-corrected chi connectivity index (χ0v) is 14.3. The molecule has 1 aromatic heterocycles. The first kappa shape index (κ1) is 17.8. The fourth-order valence-electron chi connectivity index (χ4n) is 2.21. The maximum Gasteiger partial charge on any atom is 0.339 e. The second kappa shape index (κ2) is 6.95. The number of rotatable bonds is 5. The summed E-state index contributed by atoms with van der Waals surface area (Å²) < 4.78 is 19.1. The Bertz CT molecular complexity index is 737. The van der Waals surface area contributed by atoms with Gasteiger partial charge < -0.3 is 9.84 Å². The minimum atomic E-state index is -1.19. The highest BCUT2D eigenvalue weighted by molar-refractivity contribution is 5.92. The van der Waals surface area contributed by atoms with Crippen LogP contribution in [0.5, 0.6) is 5.75 Å². The average molecular weight is 332 g/mol. The Morgan fingerprint density at radius 3 is 2.46 bits per heavy atom. The number of halogens is 1. The number of hydrogen-bond acceptors (Lipinski definition) is 4. The molecule has 0 aliphatic heterocycles. The molecule has 0 aliphatic rings. The van der Waals surface area contributed by atoms with Crippen molar-refractivity contribution in [2.24, 2.45) is 5.41 Å². The quantitative estimate of drug-likeness (QED) is 0.897. The van der Waals surface area contributed by atoms with Crippen LogP contribution < -0.4 is 4.74 Å². The van der Waals surface area contributed by atoms with E-state index in [9.17, 15) is 14.3 Å². The van der Waals surface area contributed by atoms with Crippen LogP contribution in [0.2, 0.25) is 0 Å². The van der Waals surface area contributed by atoms with E-state index in [1.54, 1.807) is 6.20 Å². The summed E-state index contributed by atoms with van der Waals surface area (Å²) in [6.45, 7) is 6.44. The number of hydrogen-bond donors (Lipinski definition) is 1. The number of ether oxygens (including phenoxy) is 1. The number of nitrogens with zero attached hydrogens (tertiary/aromatic N) is 2. The van der Waals surface area contributed by atoms with Gasteiger partial charge in [-0.25, -0.2) is 9.18 Å². The van der Waals surface area contributed by atoms with Gasteiger partial charge in [-0.05, 0) is 24.3 Å². The first-order valence-corrected chi connectivity index (χ1v) is 7.63. The van der Waals surface area contributed by atoms with E-state index in [0.29, 0.717) is 0 Å². The van der Waals surface area contributed by atoms with Gasteiger partial charge in [0.25, 0.3) is 0 Å². The lowest BCUT2D eigenvalue weighted by Crippen LogP contribution is -2.07. The molecule has 0 amide bonds. The van der Waals surface area contributed by atoms with Crippen LogP contribution in [0.4, 0.5) is 4.39 Å². The lowest BCUT2D eigenvalue weighted by atomic mass is 9.90. The lowest BCUT2D eigenvalue weighted by Gasteiger charge is -2.17. The number of carboxylic acids is 1. The zero-order valence-electron chi connectivity index (χ0n) is 14.3. The van der Waals surface area contributed by atoms with Crippen molar-refractivity contribution in [1.82, 2.24) is 9.97 Å². The summed E-state index contributed by atoms with van der Waals surface area (Å²) in [6, 6.07) is 2.27. The van der Waals surface area contributed by atoms with Crippen molar-refractivity contribution < 1.29 is 19.0 Å². The molecule has 0 radical (unpaired) electrons. The molecule has 2 rings (SSSR count). The number of benzene rings is 1. The van der Waals surface area contributed by atoms with Crippen LogP contribution in [-0.4, -0.2) is 28.2 Å². The highest BCUT2D eigenvalue weighted by Gasteiger charge is 2.18. The molecule has 0 saturated heterocycles. The molecular weight excluding hydrogens is 311 g/mol. The van der Waals surface area contributed by atoms with Crippen molar-refractivity contribution in [2.75, 3.05) is 7.11 Å². The summed E-state index contributed by atoms with van der Waals surface area (Å²) in [5.41, 5.74) is 1.27. The first-order valence-electron chi connectivity index (χ1n) is 7.63. The van der Waals surface area contributed by atoms with Crippen LogP contribution in [0.15, 0.2) is 24.5 Å². The van der Waals surface area contributed by atoms with E-state index >= 15 is 0 Å². The molecule has 0 saturated carbocycles. The number of aromatic nitrogens is 2. The summed E-state index contributed by atoms with van der Waals surface area (Å²) in [5, 5.41) is 9.21. The normalized spacial score (nSPS) is 11.4. The Hall–Kier alpha value is -2.50. The van der Waals surface area contributed by atoms with Crippen LogP contribution in [-0.2, 0) is 6.42 Å². The number of aromatic carboxylic acids is 1. The molecule has 0 spiro atoms. The van der Waals surface area contributed by atoms with Crippen molar-refractivity contribution in [3.8, 4) is 17.0 Å². The molecule has 0 unspecified atom stereocenters. The topological polar surface area (TPSA) is 72.3 Å². The summed E-state index contributed by atoms with van der Waals surface area (Å²) >= 11 is 0. The highest BCUT2D eigenvalue weighted by Crippen LogP contribution is 2.29. The van der Waals surface area contributed by atoms with E-state index in [1.807, 2.05) is 0 Å². The Labute approximate surface area is 140 Å². The van der Waals surface area contributed by atoms with E-state index in [-0.39, 0.29) is 28.0 Å². The Kier molecular flexibility index (Phi) is 5.17. The van der Waals surface area contributed by atoms with Crippen LogP contribution in [0, 0.1) is 11.2 Å². The third-order valence-corrected chi connectivity index (χ3v) is 3.63.